The molecule has 7 heteroatoms. The van der Waals surface area contributed by atoms with Crippen LogP contribution in [-0.2, 0) is 24.8 Å². The van der Waals surface area contributed by atoms with Gasteiger partial charge in [-0.05, 0) is 6.42 Å². The summed E-state index contributed by atoms with van der Waals surface area (Å²) in [6, 6.07) is 0. The fourth-order valence-electron chi connectivity index (χ4n) is 1.96. The first kappa shape index (κ1) is 17.4. The van der Waals surface area contributed by atoms with Crippen molar-refractivity contribution in [2.45, 2.75) is 26.3 Å². The summed E-state index contributed by atoms with van der Waals surface area (Å²) in [6.45, 7) is 5.03. The zero-order valence-electron chi connectivity index (χ0n) is 12.4. The highest BCUT2D eigenvalue weighted by molar-refractivity contribution is 7.80. The van der Waals surface area contributed by atoms with Crippen LogP contribution in [0.5, 0.6) is 0 Å². The maximum Gasteiger partial charge on any atom is 0.0863 e. The first-order chi connectivity index (χ1) is 9.49. The first-order valence-electron chi connectivity index (χ1n) is 6.69. The number of nitrogens with zero attached hydrogens (tertiary/aromatic N) is 3. The summed E-state index contributed by atoms with van der Waals surface area (Å²) in [5.41, 5.74) is 7.53. The maximum atomic E-state index is 6.38. The van der Waals surface area contributed by atoms with Crippen LogP contribution in [0.15, 0.2) is 0 Å². The molecule has 0 aliphatic rings. The average molecular weight is 319 g/mol. The Bertz CT molecular complexity index is 450. The minimum absolute atomic E-state index is 0.526. The highest BCUT2D eigenvalue weighted by Crippen LogP contribution is 2.22. The molecule has 0 spiro atoms. The normalized spacial score (nSPS) is 11.2. The van der Waals surface area contributed by atoms with Gasteiger partial charge in [0.25, 0.3) is 0 Å². The van der Waals surface area contributed by atoms with E-state index in [2.05, 4.69) is 10.00 Å². The number of halogens is 1. The van der Waals surface area contributed by atoms with Crippen LogP contribution in [0.3, 0.4) is 0 Å². The second kappa shape index (κ2) is 8.56. The molecule has 0 atom stereocenters. The van der Waals surface area contributed by atoms with E-state index < -0.39 is 0 Å². The summed E-state index contributed by atoms with van der Waals surface area (Å²) in [4.78, 5) is 2.75. The van der Waals surface area contributed by atoms with Crippen LogP contribution in [0.1, 0.15) is 24.7 Å². The second-order valence-corrected chi connectivity index (χ2v) is 5.57. The molecule has 5 nitrogen and oxygen atoms in total. The van der Waals surface area contributed by atoms with Gasteiger partial charge >= 0.3 is 0 Å². The molecule has 0 aromatic carbocycles. The van der Waals surface area contributed by atoms with Gasteiger partial charge in [-0.1, -0.05) is 30.7 Å². The lowest BCUT2D eigenvalue weighted by Gasteiger charge is -2.22. The van der Waals surface area contributed by atoms with Gasteiger partial charge in [-0.25, -0.2) is 0 Å². The molecule has 1 heterocycles. The summed E-state index contributed by atoms with van der Waals surface area (Å²) in [5.74, 6) is 0. The minimum Gasteiger partial charge on any atom is -0.393 e. The number of hydrogen-bond donors (Lipinski definition) is 1. The lowest BCUT2D eigenvalue weighted by molar-refractivity contribution is 0.144. The summed E-state index contributed by atoms with van der Waals surface area (Å²) >= 11 is 11.3. The van der Waals surface area contributed by atoms with E-state index in [-0.39, 0.29) is 0 Å². The molecule has 20 heavy (non-hydrogen) atoms. The number of rotatable bonds is 9. The van der Waals surface area contributed by atoms with Gasteiger partial charge in [0.1, 0.15) is 0 Å². The summed E-state index contributed by atoms with van der Waals surface area (Å²) < 4.78 is 6.99. The number of thiocarbonyl (C=S) groups is 1. The highest BCUT2D eigenvalue weighted by Gasteiger charge is 2.16. The predicted molar refractivity (Wildman–Crippen MR) is 86.2 cm³/mol. The Morgan fingerprint density at radius 3 is 2.70 bits per heavy atom. The van der Waals surface area contributed by atoms with E-state index in [1.165, 1.54) is 0 Å². The predicted octanol–water partition coefficient (Wildman–Crippen LogP) is 1.76. The molecule has 114 valence electrons. The van der Waals surface area contributed by atoms with E-state index >= 15 is 0 Å². The van der Waals surface area contributed by atoms with Gasteiger partial charge in [0.05, 0.1) is 28.0 Å². The minimum atomic E-state index is 0.526. The van der Waals surface area contributed by atoms with Crippen molar-refractivity contribution in [1.82, 2.24) is 14.7 Å². The van der Waals surface area contributed by atoms with Gasteiger partial charge in [-0.3, -0.25) is 9.58 Å². The van der Waals surface area contributed by atoms with Gasteiger partial charge < -0.3 is 10.5 Å². The zero-order valence-corrected chi connectivity index (χ0v) is 13.9. The molecule has 2 N–H and O–H groups in total. The molecule has 1 rings (SSSR count). The van der Waals surface area contributed by atoms with Crippen LogP contribution >= 0.6 is 23.8 Å². The van der Waals surface area contributed by atoms with Crippen molar-refractivity contribution >= 4 is 28.8 Å². The van der Waals surface area contributed by atoms with Gasteiger partial charge in [0.2, 0.25) is 0 Å². The molecule has 1 aromatic heterocycles. The molecule has 0 saturated carbocycles. The summed E-state index contributed by atoms with van der Waals surface area (Å²) in [6.07, 6.45) is 1.52. The van der Waals surface area contributed by atoms with Crippen molar-refractivity contribution < 1.29 is 4.74 Å². The van der Waals surface area contributed by atoms with Gasteiger partial charge in [0.15, 0.2) is 0 Å². The van der Waals surface area contributed by atoms with E-state index in [0.29, 0.717) is 24.6 Å². The third-order valence-electron chi connectivity index (χ3n) is 3.16. The molecule has 1 aromatic rings. The van der Waals surface area contributed by atoms with Crippen molar-refractivity contribution in [3.05, 3.63) is 16.4 Å². The van der Waals surface area contributed by atoms with Crippen molar-refractivity contribution in [3.63, 3.8) is 0 Å². The van der Waals surface area contributed by atoms with Crippen LogP contribution in [0, 0.1) is 0 Å². The number of nitrogens with two attached hydrogens (primary N) is 1. The van der Waals surface area contributed by atoms with Crippen molar-refractivity contribution in [2.24, 2.45) is 12.8 Å². The fraction of sp³-hybridized carbons (Fsp3) is 0.692. The van der Waals surface area contributed by atoms with Crippen molar-refractivity contribution in [2.75, 3.05) is 26.8 Å². The van der Waals surface area contributed by atoms with E-state index in [1.54, 1.807) is 7.11 Å². The Hall–Kier alpha value is -0.690. The molecular formula is C13H23ClN4OS. The number of aromatic nitrogens is 2. The largest absolute Gasteiger partial charge is 0.393 e. The van der Waals surface area contributed by atoms with E-state index in [9.17, 15) is 0 Å². The molecule has 0 unspecified atom stereocenters. The van der Waals surface area contributed by atoms with E-state index in [0.717, 1.165) is 35.9 Å². The van der Waals surface area contributed by atoms with Crippen LogP contribution in [0.25, 0.3) is 0 Å². The first-order valence-corrected chi connectivity index (χ1v) is 7.48. The lowest BCUT2D eigenvalue weighted by atomic mass is 10.2. The molecular weight excluding hydrogens is 296 g/mol. The van der Waals surface area contributed by atoms with Crippen LogP contribution in [-0.4, -0.2) is 46.5 Å². The highest BCUT2D eigenvalue weighted by atomic mass is 35.5. The van der Waals surface area contributed by atoms with Crippen molar-refractivity contribution in [3.8, 4) is 0 Å². The van der Waals surface area contributed by atoms with E-state index in [1.807, 2.05) is 18.7 Å². The quantitative estimate of drug-likeness (QED) is 0.703. The molecule has 0 aliphatic carbocycles. The third kappa shape index (κ3) is 5.01. The van der Waals surface area contributed by atoms with E-state index in [4.69, 9.17) is 34.3 Å². The molecule has 0 fully saturated rings. The number of aryl methyl sites for hydroxylation is 2. The third-order valence-corrected chi connectivity index (χ3v) is 3.80. The Morgan fingerprint density at radius 1 is 1.50 bits per heavy atom. The monoisotopic (exact) mass is 318 g/mol. The Kier molecular flexibility index (Phi) is 7.43. The van der Waals surface area contributed by atoms with Gasteiger partial charge in [-0.2, -0.15) is 5.10 Å². The molecule has 0 amide bonds. The number of hydrogen-bond acceptors (Lipinski definition) is 4. The molecule has 0 aliphatic heterocycles. The van der Waals surface area contributed by atoms with Crippen LogP contribution < -0.4 is 5.73 Å². The standard InChI is InChI=1S/C13H23ClN4OS/c1-4-10-13(14)11(17(2)16-10)9-18(7-8-19-3)6-5-12(15)20/h4-9H2,1-3H3,(H2,15,20). The van der Waals surface area contributed by atoms with Gasteiger partial charge in [0, 0.05) is 40.2 Å². The molecule has 0 saturated heterocycles. The van der Waals surface area contributed by atoms with Crippen LogP contribution in [0.4, 0.5) is 0 Å². The van der Waals surface area contributed by atoms with Crippen molar-refractivity contribution in [1.29, 1.82) is 0 Å². The van der Waals surface area contributed by atoms with Gasteiger partial charge in [-0.15, -0.1) is 0 Å². The maximum absolute atomic E-state index is 6.38. The lowest BCUT2D eigenvalue weighted by Crippen LogP contribution is -2.31. The summed E-state index contributed by atoms with van der Waals surface area (Å²) in [5, 5.41) is 5.19. The zero-order chi connectivity index (χ0) is 15.1. The average Bonchev–Trinajstić information content (AvgIpc) is 2.68. The molecule has 0 bridgehead atoms. The van der Waals surface area contributed by atoms with Crippen LogP contribution in [0.2, 0.25) is 5.02 Å². The second-order valence-electron chi connectivity index (χ2n) is 4.67. The molecule has 0 radical (unpaired) electrons. The Labute approximate surface area is 131 Å². The number of ether oxygens (including phenoxy) is 1. The Morgan fingerprint density at radius 2 is 2.20 bits per heavy atom. The number of methoxy groups -OCH3 is 1. The fourth-order valence-corrected chi connectivity index (χ4v) is 2.41. The Balaban J connectivity index is 2.77. The smallest absolute Gasteiger partial charge is 0.0863 e. The SMILES string of the molecule is CCc1nn(C)c(CN(CCOC)CCC(N)=S)c1Cl. The summed E-state index contributed by atoms with van der Waals surface area (Å²) in [7, 11) is 3.61. The topological polar surface area (TPSA) is 56.3 Å².